The Morgan fingerprint density at radius 2 is 2.12 bits per heavy atom. The molecule has 0 unspecified atom stereocenters. The molecule has 0 fully saturated rings. The molecular weight excluding hydrogens is 98.1 g/mol. The fraction of sp³-hybridized carbons (Fsp3) is 0.714. The Morgan fingerprint density at radius 3 is 2.50 bits per heavy atom. The molecule has 0 heterocycles. The van der Waals surface area contributed by atoms with Crippen LogP contribution in [-0.2, 0) is 0 Å². The summed E-state index contributed by atoms with van der Waals surface area (Å²) in [4.78, 5) is 0. The molecule has 0 aliphatic rings. The van der Waals surface area contributed by atoms with Crippen molar-refractivity contribution < 1.29 is 0 Å². The van der Waals surface area contributed by atoms with Gasteiger partial charge in [0.15, 0.2) is 0 Å². The largest absolute Gasteiger partial charge is 0.391 e. The Morgan fingerprint density at radius 1 is 1.50 bits per heavy atom. The smallest absolute Gasteiger partial charge is 0.0112 e. The lowest BCUT2D eigenvalue weighted by Gasteiger charge is -1.93. The Hall–Kier alpha value is -0.460. The van der Waals surface area contributed by atoms with E-state index in [1.807, 2.05) is 6.20 Å². The molecule has 1 nitrogen and oxygen atoms in total. The van der Waals surface area contributed by atoms with E-state index in [2.05, 4.69) is 32.2 Å². The Kier molecular flexibility index (Phi) is 4.42. The highest BCUT2D eigenvalue weighted by Crippen LogP contribution is 1.90. The second-order valence-electron chi connectivity index (χ2n) is 2.16. The quantitative estimate of drug-likeness (QED) is 0.588. The first kappa shape index (κ1) is 7.54. The van der Waals surface area contributed by atoms with Crippen LogP contribution in [0.25, 0.3) is 0 Å². The van der Waals surface area contributed by atoms with Gasteiger partial charge in [-0.1, -0.05) is 19.9 Å². The molecule has 0 atom stereocenters. The number of hydrogen-bond donors (Lipinski definition) is 1. The van der Waals surface area contributed by atoms with Crippen LogP contribution in [0.4, 0.5) is 0 Å². The average molecular weight is 113 g/mol. The van der Waals surface area contributed by atoms with Crippen LogP contribution < -0.4 is 5.32 Å². The summed E-state index contributed by atoms with van der Waals surface area (Å²) in [5, 5.41) is 3.10. The molecule has 0 saturated carbocycles. The average Bonchev–Trinajstić information content (AvgIpc) is 1.66. The highest BCUT2D eigenvalue weighted by molar-refractivity contribution is 4.81. The Bertz CT molecular complexity index is 64.8. The monoisotopic (exact) mass is 113 g/mol. The van der Waals surface area contributed by atoms with E-state index in [0.717, 1.165) is 6.54 Å². The zero-order chi connectivity index (χ0) is 6.41. The number of nitrogens with one attached hydrogen (secondary N) is 1. The van der Waals surface area contributed by atoms with Gasteiger partial charge in [-0.3, -0.25) is 0 Å². The van der Waals surface area contributed by atoms with Crippen LogP contribution in [-0.4, -0.2) is 6.54 Å². The van der Waals surface area contributed by atoms with Gasteiger partial charge in [0, 0.05) is 6.54 Å². The van der Waals surface area contributed by atoms with Gasteiger partial charge in [0.25, 0.3) is 0 Å². The van der Waals surface area contributed by atoms with Gasteiger partial charge >= 0.3 is 0 Å². The van der Waals surface area contributed by atoms with Gasteiger partial charge in [-0.25, -0.2) is 0 Å². The zero-order valence-electron chi connectivity index (χ0n) is 5.94. The molecule has 0 aromatic rings. The summed E-state index contributed by atoms with van der Waals surface area (Å²) < 4.78 is 0. The predicted molar refractivity (Wildman–Crippen MR) is 37.7 cm³/mol. The van der Waals surface area contributed by atoms with E-state index in [1.54, 1.807) is 0 Å². The van der Waals surface area contributed by atoms with Gasteiger partial charge < -0.3 is 5.32 Å². The molecule has 48 valence electrons. The van der Waals surface area contributed by atoms with Crippen LogP contribution in [0, 0.1) is 5.92 Å². The first-order chi connectivity index (χ1) is 3.77. The van der Waals surface area contributed by atoms with Crippen LogP contribution in [0.1, 0.15) is 20.8 Å². The van der Waals surface area contributed by atoms with Crippen molar-refractivity contribution >= 4 is 0 Å². The van der Waals surface area contributed by atoms with Gasteiger partial charge in [0.05, 0.1) is 0 Å². The number of rotatable bonds is 3. The highest BCUT2D eigenvalue weighted by atomic mass is 14.8. The van der Waals surface area contributed by atoms with Crippen molar-refractivity contribution in [2.24, 2.45) is 5.92 Å². The molecule has 0 radical (unpaired) electrons. The Labute approximate surface area is 51.8 Å². The predicted octanol–water partition coefficient (Wildman–Crippen LogP) is 1.77. The summed E-state index contributed by atoms with van der Waals surface area (Å²) in [6.45, 7) is 7.43. The second kappa shape index (κ2) is 4.69. The van der Waals surface area contributed by atoms with Gasteiger partial charge in [-0.15, -0.1) is 0 Å². The lowest BCUT2D eigenvalue weighted by Crippen LogP contribution is -2.01. The topological polar surface area (TPSA) is 12.0 Å². The number of hydrogen-bond acceptors (Lipinski definition) is 1. The minimum atomic E-state index is 0.661. The van der Waals surface area contributed by atoms with Crippen molar-refractivity contribution in [3.8, 4) is 0 Å². The van der Waals surface area contributed by atoms with Gasteiger partial charge in [0.2, 0.25) is 0 Å². The van der Waals surface area contributed by atoms with Crippen molar-refractivity contribution in [1.82, 2.24) is 5.32 Å². The number of allylic oxidation sites excluding steroid dienone is 1. The van der Waals surface area contributed by atoms with Crippen molar-refractivity contribution in [1.29, 1.82) is 0 Å². The molecule has 0 spiro atoms. The lowest BCUT2D eigenvalue weighted by atomic mass is 10.2. The summed E-state index contributed by atoms with van der Waals surface area (Å²) in [6, 6.07) is 0. The maximum Gasteiger partial charge on any atom is 0.0112 e. The molecule has 0 aromatic heterocycles. The van der Waals surface area contributed by atoms with E-state index < -0.39 is 0 Å². The van der Waals surface area contributed by atoms with E-state index >= 15 is 0 Å². The van der Waals surface area contributed by atoms with E-state index in [1.165, 1.54) is 0 Å². The van der Waals surface area contributed by atoms with Crippen LogP contribution >= 0.6 is 0 Å². The second-order valence-corrected chi connectivity index (χ2v) is 2.16. The summed E-state index contributed by atoms with van der Waals surface area (Å²) in [6.07, 6.45) is 4.15. The van der Waals surface area contributed by atoms with Gasteiger partial charge in [0.1, 0.15) is 0 Å². The molecule has 0 bridgehead atoms. The standard InChI is InChI=1S/C7H15N/c1-4-8-6-5-7(2)3/h5-8H,4H2,1-3H3/b6-5-. The van der Waals surface area contributed by atoms with E-state index in [4.69, 9.17) is 0 Å². The molecule has 0 saturated heterocycles. The maximum absolute atomic E-state index is 3.10. The first-order valence-corrected chi connectivity index (χ1v) is 3.17. The molecule has 0 rings (SSSR count). The molecule has 0 aliphatic heterocycles. The SMILES string of the molecule is CCN/C=C\C(C)C. The molecule has 1 N–H and O–H groups in total. The minimum Gasteiger partial charge on any atom is -0.391 e. The minimum absolute atomic E-state index is 0.661. The summed E-state index contributed by atoms with van der Waals surface area (Å²) in [5.74, 6) is 0.661. The normalized spacial score (nSPS) is 11.0. The molecule has 1 heteroatoms. The third-order valence-electron chi connectivity index (χ3n) is 0.803. The van der Waals surface area contributed by atoms with Crippen LogP contribution in [0.5, 0.6) is 0 Å². The molecule has 0 aliphatic carbocycles. The fourth-order valence-electron chi connectivity index (χ4n) is 0.378. The molecular formula is C7H15N. The molecule has 8 heavy (non-hydrogen) atoms. The van der Waals surface area contributed by atoms with Crippen molar-refractivity contribution in [2.75, 3.05) is 6.54 Å². The fourth-order valence-corrected chi connectivity index (χ4v) is 0.378. The van der Waals surface area contributed by atoms with Crippen LogP contribution in [0.3, 0.4) is 0 Å². The van der Waals surface area contributed by atoms with Gasteiger partial charge in [-0.2, -0.15) is 0 Å². The summed E-state index contributed by atoms with van der Waals surface area (Å²) in [5.41, 5.74) is 0. The van der Waals surface area contributed by atoms with Crippen LogP contribution in [0.2, 0.25) is 0 Å². The third kappa shape index (κ3) is 5.54. The molecule has 0 aromatic carbocycles. The van der Waals surface area contributed by atoms with E-state index in [0.29, 0.717) is 5.92 Å². The van der Waals surface area contributed by atoms with Crippen molar-refractivity contribution in [3.63, 3.8) is 0 Å². The van der Waals surface area contributed by atoms with Gasteiger partial charge in [-0.05, 0) is 19.0 Å². The summed E-state index contributed by atoms with van der Waals surface area (Å²) in [7, 11) is 0. The van der Waals surface area contributed by atoms with E-state index in [-0.39, 0.29) is 0 Å². The zero-order valence-corrected chi connectivity index (χ0v) is 5.94. The Balaban J connectivity index is 3.07. The van der Waals surface area contributed by atoms with Crippen LogP contribution in [0.15, 0.2) is 12.3 Å². The lowest BCUT2D eigenvalue weighted by molar-refractivity contribution is 0.810. The van der Waals surface area contributed by atoms with Crippen molar-refractivity contribution in [2.45, 2.75) is 20.8 Å². The third-order valence-corrected chi connectivity index (χ3v) is 0.803. The summed E-state index contributed by atoms with van der Waals surface area (Å²) >= 11 is 0. The van der Waals surface area contributed by atoms with E-state index in [9.17, 15) is 0 Å². The molecule has 0 amide bonds. The maximum atomic E-state index is 3.10. The van der Waals surface area contributed by atoms with Crippen molar-refractivity contribution in [3.05, 3.63) is 12.3 Å². The first-order valence-electron chi connectivity index (χ1n) is 3.17. The highest BCUT2D eigenvalue weighted by Gasteiger charge is 1.79.